The van der Waals surface area contributed by atoms with Crippen LogP contribution in [0.4, 0.5) is 5.82 Å². The average molecular weight is 316 g/mol. The van der Waals surface area contributed by atoms with Crippen molar-refractivity contribution in [1.29, 1.82) is 0 Å². The third kappa shape index (κ3) is 3.00. The van der Waals surface area contributed by atoms with E-state index in [1.165, 1.54) is 25.0 Å². The van der Waals surface area contributed by atoms with E-state index in [2.05, 4.69) is 45.0 Å². The molecule has 3 aromatic rings. The van der Waals surface area contributed by atoms with Gasteiger partial charge in [-0.05, 0) is 25.7 Å². The van der Waals surface area contributed by atoms with Crippen LogP contribution in [0.5, 0.6) is 0 Å². The lowest BCUT2D eigenvalue weighted by atomic mass is 9.99. The minimum absolute atomic E-state index is 0.725. The van der Waals surface area contributed by atoms with E-state index in [4.69, 9.17) is 0 Å². The van der Waals surface area contributed by atoms with Gasteiger partial charge in [0.15, 0.2) is 5.82 Å². The smallest absolute Gasteiger partial charge is 0.176 e. The van der Waals surface area contributed by atoms with Crippen molar-refractivity contribution in [3.05, 3.63) is 54.6 Å². The van der Waals surface area contributed by atoms with Crippen molar-refractivity contribution in [2.24, 2.45) is 5.10 Å². The molecule has 0 atom stereocenters. The molecule has 24 heavy (non-hydrogen) atoms. The first-order chi connectivity index (χ1) is 11.9. The molecule has 0 saturated heterocycles. The van der Waals surface area contributed by atoms with E-state index in [-0.39, 0.29) is 0 Å². The van der Waals surface area contributed by atoms with E-state index in [1.54, 1.807) is 0 Å². The Balaban J connectivity index is 1.73. The highest BCUT2D eigenvalue weighted by molar-refractivity contribution is 6.00. The van der Waals surface area contributed by atoms with Gasteiger partial charge in [-0.25, -0.2) is 0 Å². The molecule has 120 valence electrons. The minimum Gasteiger partial charge on any atom is -0.259 e. The van der Waals surface area contributed by atoms with Crippen LogP contribution in [0.1, 0.15) is 32.1 Å². The molecule has 0 unspecified atom stereocenters. The molecule has 1 aromatic heterocycles. The molecule has 4 nitrogen and oxygen atoms in total. The van der Waals surface area contributed by atoms with E-state index < -0.39 is 0 Å². The van der Waals surface area contributed by atoms with Gasteiger partial charge in [-0.3, -0.25) is 5.43 Å². The van der Waals surface area contributed by atoms with Gasteiger partial charge in [0.2, 0.25) is 0 Å². The molecule has 4 heteroatoms. The zero-order chi connectivity index (χ0) is 16.2. The fourth-order valence-electron chi connectivity index (χ4n) is 3.20. The molecule has 0 aliphatic heterocycles. The molecule has 4 rings (SSSR count). The van der Waals surface area contributed by atoms with Crippen LogP contribution in [-0.4, -0.2) is 15.9 Å². The van der Waals surface area contributed by atoms with Crippen LogP contribution in [0, 0.1) is 0 Å². The van der Waals surface area contributed by atoms with Crippen molar-refractivity contribution in [3.63, 3.8) is 0 Å². The van der Waals surface area contributed by atoms with Crippen LogP contribution in [0.2, 0.25) is 0 Å². The predicted molar refractivity (Wildman–Crippen MR) is 99.1 cm³/mol. The first kappa shape index (κ1) is 14.8. The van der Waals surface area contributed by atoms with E-state index in [1.807, 2.05) is 30.3 Å². The van der Waals surface area contributed by atoms with Gasteiger partial charge in [0.05, 0.1) is 0 Å². The number of hydrogen-bond acceptors (Lipinski definition) is 4. The summed E-state index contributed by atoms with van der Waals surface area (Å²) in [6.07, 6.45) is 5.95. The average Bonchev–Trinajstić information content (AvgIpc) is 2.67. The maximum absolute atomic E-state index is 4.57. The number of nitrogens with one attached hydrogen (secondary N) is 1. The number of nitrogens with zero attached hydrogens (tertiary/aromatic N) is 3. The van der Waals surface area contributed by atoms with Crippen LogP contribution >= 0.6 is 0 Å². The summed E-state index contributed by atoms with van der Waals surface area (Å²) in [6, 6.07) is 18.4. The van der Waals surface area contributed by atoms with Gasteiger partial charge in [0, 0.05) is 22.0 Å². The molecule has 0 amide bonds. The van der Waals surface area contributed by atoms with Crippen molar-refractivity contribution in [1.82, 2.24) is 10.2 Å². The molecule has 1 aliphatic carbocycles. The van der Waals surface area contributed by atoms with Crippen molar-refractivity contribution >= 4 is 22.3 Å². The van der Waals surface area contributed by atoms with E-state index in [0.717, 1.165) is 40.7 Å². The van der Waals surface area contributed by atoms with E-state index in [0.29, 0.717) is 0 Å². The Kier molecular flexibility index (Phi) is 4.19. The number of aromatic nitrogens is 2. The minimum atomic E-state index is 0.725. The molecule has 0 radical (unpaired) electrons. The SMILES string of the molecule is c1ccc(-c2nnc(NN=C3CCCCC3)c3ccccc23)cc1. The quantitative estimate of drug-likeness (QED) is 0.690. The Morgan fingerprint density at radius 1 is 0.750 bits per heavy atom. The van der Waals surface area contributed by atoms with Gasteiger partial charge < -0.3 is 0 Å². The number of anilines is 1. The first-order valence-electron chi connectivity index (χ1n) is 8.54. The highest BCUT2D eigenvalue weighted by Gasteiger charge is 2.11. The second kappa shape index (κ2) is 6.79. The lowest BCUT2D eigenvalue weighted by Crippen LogP contribution is -2.08. The van der Waals surface area contributed by atoms with Crippen molar-refractivity contribution in [3.8, 4) is 11.3 Å². The van der Waals surface area contributed by atoms with Gasteiger partial charge in [0.25, 0.3) is 0 Å². The lowest BCUT2D eigenvalue weighted by Gasteiger charge is -2.13. The maximum Gasteiger partial charge on any atom is 0.176 e. The lowest BCUT2D eigenvalue weighted by molar-refractivity contribution is 0.665. The molecule has 1 saturated carbocycles. The van der Waals surface area contributed by atoms with Gasteiger partial charge in [-0.2, -0.15) is 5.10 Å². The zero-order valence-corrected chi connectivity index (χ0v) is 13.6. The Labute approximate surface area is 141 Å². The maximum atomic E-state index is 4.57. The van der Waals surface area contributed by atoms with Crippen molar-refractivity contribution < 1.29 is 0 Å². The topological polar surface area (TPSA) is 50.2 Å². The van der Waals surface area contributed by atoms with E-state index >= 15 is 0 Å². The number of fused-ring (bicyclic) bond motifs is 1. The van der Waals surface area contributed by atoms with Crippen LogP contribution in [0.25, 0.3) is 22.0 Å². The molecule has 0 bridgehead atoms. The predicted octanol–water partition coefficient (Wildman–Crippen LogP) is 5.03. The Morgan fingerprint density at radius 3 is 2.25 bits per heavy atom. The Bertz CT molecular complexity index is 863. The molecular weight excluding hydrogens is 296 g/mol. The second-order valence-electron chi connectivity index (χ2n) is 6.16. The first-order valence-corrected chi connectivity index (χ1v) is 8.54. The molecule has 0 spiro atoms. The van der Waals surface area contributed by atoms with E-state index in [9.17, 15) is 0 Å². The molecule has 1 heterocycles. The highest BCUT2D eigenvalue weighted by Crippen LogP contribution is 2.29. The third-order valence-corrected chi connectivity index (χ3v) is 4.49. The molecule has 1 aliphatic rings. The summed E-state index contributed by atoms with van der Waals surface area (Å²) in [7, 11) is 0. The van der Waals surface area contributed by atoms with Gasteiger partial charge >= 0.3 is 0 Å². The third-order valence-electron chi connectivity index (χ3n) is 4.49. The van der Waals surface area contributed by atoms with Gasteiger partial charge in [-0.15, -0.1) is 10.2 Å². The summed E-state index contributed by atoms with van der Waals surface area (Å²) in [4.78, 5) is 0. The van der Waals surface area contributed by atoms with Gasteiger partial charge in [0.1, 0.15) is 5.69 Å². The summed E-state index contributed by atoms with van der Waals surface area (Å²) in [5, 5.41) is 15.6. The van der Waals surface area contributed by atoms with Crippen LogP contribution < -0.4 is 5.43 Å². The fourth-order valence-corrected chi connectivity index (χ4v) is 3.20. The standard InChI is InChI=1S/C20H20N4/c1-3-9-15(10-4-1)19-17-13-7-8-14-18(17)20(24-22-19)23-21-16-11-5-2-6-12-16/h1,3-4,7-10,13-14H,2,5-6,11-12H2,(H,23,24). The second-order valence-corrected chi connectivity index (χ2v) is 6.16. The normalized spacial score (nSPS) is 14.6. The molecular formula is C20H20N4. The molecule has 1 fully saturated rings. The summed E-state index contributed by atoms with van der Waals surface area (Å²) >= 11 is 0. The summed E-state index contributed by atoms with van der Waals surface area (Å²) in [6.45, 7) is 0. The molecule has 1 N–H and O–H groups in total. The van der Waals surface area contributed by atoms with Crippen molar-refractivity contribution in [2.75, 3.05) is 5.43 Å². The van der Waals surface area contributed by atoms with Gasteiger partial charge in [-0.1, -0.05) is 61.0 Å². The van der Waals surface area contributed by atoms with Crippen LogP contribution in [-0.2, 0) is 0 Å². The summed E-state index contributed by atoms with van der Waals surface area (Å²) < 4.78 is 0. The number of hydrogen-bond donors (Lipinski definition) is 1. The van der Waals surface area contributed by atoms with Crippen LogP contribution in [0.15, 0.2) is 59.7 Å². The largest absolute Gasteiger partial charge is 0.259 e. The monoisotopic (exact) mass is 316 g/mol. The number of rotatable bonds is 3. The summed E-state index contributed by atoms with van der Waals surface area (Å²) in [5.41, 5.74) is 6.37. The number of hydrazone groups is 1. The summed E-state index contributed by atoms with van der Waals surface area (Å²) in [5.74, 6) is 0.725. The fraction of sp³-hybridized carbons (Fsp3) is 0.250. The zero-order valence-electron chi connectivity index (χ0n) is 13.6. The van der Waals surface area contributed by atoms with Crippen molar-refractivity contribution in [2.45, 2.75) is 32.1 Å². The number of benzene rings is 2. The highest BCUT2D eigenvalue weighted by atomic mass is 15.3. The Hall–Kier alpha value is -2.75. The Morgan fingerprint density at radius 2 is 1.46 bits per heavy atom. The molecule has 2 aromatic carbocycles. The van der Waals surface area contributed by atoms with Crippen LogP contribution in [0.3, 0.4) is 0 Å².